The van der Waals surface area contributed by atoms with Crippen LogP contribution in [0, 0.1) is 0 Å². The second-order valence-corrected chi connectivity index (χ2v) is 7.77. The fourth-order valence-electron chi connectivity index (χ4n) is 2.23. The molecular formula is C20H32ClN3O5. The second-order valence-electron chi connectivity index (χ2n) is 7.38. The molecule has 1 aromatic rings. The summed E-state index contributed by atoms with van der Waals surface area (Å²) >= 11 is 5.78. The quantitative estimate of drug-likeness (QED) is 0.365. The Kier molecular flexibility index (Phi) is 12.3. The van der Waals surface area contributed by atoms with Gasteiger partial charge in [0.05, 0.1) is 19.8 Å². The van der Waals surface area contributed by atoms with Crippen molar-refractivity contribution in [2.45, 2.75) is 52.1 Å². The molecule has 0 atom stereocenters. The number of amides is 2. The van der Waals surface area contributed by atoms with Crippen molar-refractivity contribution in [2.75, 3.05) is 38.3 Å². The van der Waals surface area contributed by atoms with E-state index in [0.29, 0.717) is 50.2 Å². The number of hydrogen-bond donors (Lipinski definition) is 2. The van der Waals surface area contributed by atoms with Crippen LogP contribution in [0.4, 0.5) is 10.5 Å². The molecule has 0 unspecified atom stereocenters. The lowest BCUT2D eigenvalue weighted by Crippen LogP contribution is -2.34. The average molecular weight is 430 g/mol. The highest BCUT2D eigenvalue weighted by Gasteiger charge is 2.15. The molecule has 164 valence electrons. The number of halogens is 1. The van der Waals surface area contributed by atoms with Gasteiger partial charge in [-0.05, 0) is 45.7 Å². The van der Waals surface area contributed by atoms with E-state index in [9.17, 15) is 9.59 Å². The smallest absolute Gasteiger partial charge is 0.407 e. The normalized spacial score (nSPS) is 11.2. The Morgan fingerprint density at radius 2 is 1.79 bits per heavy atom. The van der Waals surface area contributed by atoms with E-state index in [1.54, 1.807) is 18.3 Å². The lowest BCUT2D eigenvalue weighted by atomic mass is 10.2. The Hall–Kier alpha value is -1.90. The summed E-state index contributed by atoms with van der Waals surface area (Å²) < 4.78 is 16.0. The number of pyridine rings is 1. The molecule has 0 spiro atoms. The first-order valence-corrected chi connectivity index (χ1v) is 10.2. The number of alkyl carbamates (subject to hydrolysis) is 1. The van der Waals surface area contributed by atoms with Crippen molar-refractivity contribution in [2.24, 2.45) is 0 Å². The molecule has 0 bridgehead atoms. The summed E-state index contributed by atoms with van der Waals surface area (Å²) in [4.78, 5) is 27.1. The van der Waals surface area contributed by atoms with Crippen LogP contribution in [0.2, 0.25) is 5.15 Å². The Labute approximate surface area is 177 Å². The molecule has 0 aromatic carbocycles. The molecule has 29 heavy (non-hydrogen) atoms. The Bertz CT molecular complexity index is 622. The first kappa shape index (κ1) is 25.1. The van der Waals surface area contributed by atoms with E-state index in [2.05, 4.69) is 15.6 Å². The molecule has 1 rings (SSSR count). The van der Waals surface area contributed by atoms with Gasteiger partial charge in [-0.25, -0.2) is 9.78 Å². The molecule has 0 fully saturated rings. The van der Waals surface area contributed by atoms with Gasteiger partial charge < -0.3 is 24.8 Å². The van der Waals surface area contributed by atoms with Gasteiger partial charge in [0.25, 0.3) is 0 Å². The third-order valence-corrected chi connectivity index (χ3v) is 3.70. The van der Waals surface area contributed by atoms with Crippen molar-refractivity contribution in [3.8, 4) is 0 Å². The van der Waals surface area contributed by atoms with E-state index in [0.717, 1.165) is 19.3 Å². The van der Waals surface area contributed by atoms with Crippen molar-refractivity contribution >= 4 is 29.3 Å². The van der Waals surface area contributed by atoms with Crippen molar-refractivity contribution in [1.29, 1.82) is 0 Å². The standard InChI is InChI=1S/C20H32ClN3O5/c1-20(2,3)29-19(26)23-10-12-28-14-13-27-11-6-4-5-7-18(25)24-16-8-9-22-17(21)15-16/h8-9,15H,4-7,10-14H2,1-3H3,(H,23,26)(H,22,24,25). The number of nitrogens with zero attached hydrogens (tertiary/aromatic N) is 1. The number of carbonyl (C=O) groups is 2. The third-order valence-electron chi connectivity index (χ3n) is 3.49. The van der Waals surface area contributed by atoms with E-state index in [-0.39, 0.29) is 5.91 Å². The number of rotatable bonds is 13. The van der Waals surface area contributed by atoms with Crippen LogP contribution in [0.1, 0.15) is 46.5 Å². The number of carbonyl (C=O) groups excluding carboxylic acids is 2. The van der Waals surface area contributed by atoms with Crippen LogP contribution >= 0.6 is 11.6 Å². The summed E-state index contributed by atoms with van der Waals surface area (Å²) in [5.41, 5.74) is 0.149. The molecule has 0 radical (unpaired) electrons. The molecule has 1 aromatic heterocycles. The molecule has 9 heteroatoms. The largest absolute Gasteiger partial charge is 0.444 e. The van der Waals surface area contributed by atoms with Crippen LogP contribution < -0.4 is 10.6 Å². The minimum atomic E-state index is -0.503. The second kappa shape index (κ2) is 14.1. The molecule has 0 aliphatic rings. The van der Waals surface area contributed by atoms with Crippen LogP contribution in [0.15, 0.2) is 18.3 Å². The van der Waals surface area contributed by atoms with Gasteiger partial charge in [0.1, 0.15) is 10.8 Å². The Morgan fingerprint density at radius 3 is 2.48 bits per heavy atom. The first-order chi connectivity index (χ1) is 13.8. The van der Waals surface area contributed by atoms with Crippen LogP contribution in [-0.4, -0.2) is 55.6 Å². The van der Waals surface area contributed by atoms with Gasteiger partial charge in [0, 0.05) is 31.5 Å². The fourth-order valence-corrected chi connectivity index (χ4v) is 2.41. The summed E-state index contributed by atoms with van der Waals surface area (Å²) in [6, 6.07) is 3.32. The van der Waals surface area contributed by atoms with E-state index in [1.165, 1.54) is 0 Å². The topological polar surface area (TPSA) is 98.8 Å². The zero-order chi connectivity index (χ0) is 21.5. The number of aromatic nitrogens is 1. The summed E-state index contributed by atoms with van der Waals surface area (Å²) in [7, 11) is 0. The van der Waals surface area contributed by atoms with Crippen LogP contribution in [0.5, 0.6) is 0 Å². The van der Waals surface area contributed by atoms with Crippen molar-refractivity contribution < 1.29 is 23.8 Å². The predicted molar refractivity (Wildman–Crippen MR) is 112 cm³/mol. The van der Waals surface area contributed by atoms with Gasteiger partial charge in [-0.15, -0.1) is 0 Å². The number of anilines is 1. The molecule has 0 saturated heterocycles. The van der Waals surface area contributed by atoms with Crippen molar-refractivity contribution in [1.82, 2.24) is 10.3 Å². The zero-order valence-electron chi connectivity index (χ0n) is 17.5. The number of unbranched alkanes of at least 4 members (excludes halogenated alkanes) is 2. The van der Waals surface area contributed by atoms with Gasteiger partial charge >= 0.3 is 6.09 Å². The fraction of sp³-hybridized carbons (Fsp3) is 0.650. The molecule has 0 aliphatic heterocycles. The number of ether oxygens (including phenoxy) is 3. The molecule has 2 N–H and O–H groups in total. The Balaban J connectivity index is 1.87. The van der Waals surface area contributed by atoms with E-state index in [4.69, 9.17) is 25.8 Å². The molecule has 1 heterocycles. The van der Waals surface area contributed by atoms with Gasteiger partial charge in [-0.2, -0.15) is 0 Å². The van der Waals surface area contributed by atoms with Gasteiger partial charge in [-0.3, -0.25) is 4.79 Å². The molecule has 0 aliphatic carbocycles. The number of nitrogens with one attached hydrogen (secondary N) is 2. The monoisotopic (exact) mass is 429 g/mol. The Morgan fingerprint density at radius 1 is 1.07 bits per heavy atom. The molecule has 8 nitrogen and oxygen atoms in total. The summed E-state index contributed by atoms with van der Waals surface area (Å²) in [5.74, 6) is -0.0402. The van der Waals surface area contributed by atoms with E-state index >= 15 is 0 Å². The van der Waals surface area contributed by atoms with Crippen LogP contribution in [-0.2, 0) is 19.0 Å². The van der Waals surface area contributed by atoms with Crippen molar-refractivity contribution in [3.63, 3.8) is 0 Å². The van der Waals surface area contributed by atoms with Gasteiger partial charge in [0.15, 0.2) is 0 Å². The predicted octanol–water partition coefficient (Wildman–Crippen LogP) is 3.79. The summed E-state index contributed by atoms with van der Waals surface area (Å²) in [6.45, 7) is 7.82. The van der Waals surface area contributed by atoms with Crippen LogP contribution in [0.25, 0.3) is 0 Å². The lowest BCUT2D eigenvalue weighted by molar-refractivity contribution is -0.116. The van der Waals surface area contributed by atoms with Gasteiger partial charge in [-0.1, -0.05) is 18.0 Å². The molecule has 0 saturated carbocycles. The van der Waals surface area contributed by atoms with E-state index < -0.39 is 11.7 Å². The van der Waals surface area contributed by atoms with E-state index in [1.807, 2.05) is 20.8 Å². The van der Waals surface area contributed by atoms with Crippen LogP contribution in [0.3, 0.4) is 0 Å². The minimum absolute atomic E-state index is 0.0402. The lowest BCUT2D eigenvalue weighted by Gasteiger charge is -2.19. The first-order valence-electron chi connectivity index (χ1n) is 9.80. The summed E-state index contributed by atoms with van der Waals surface area (Å²) in [5, 5.41) is 5.76. The highest BCUT2D eigenvalue weighted by Crippen LogP contribution is 2.12. The summed E-state index contributed by atoms with van der Waals surface area (Å²) in [6.07, 6.45) is 4.14. The maximum atomic E-state index is 11.8. The minimum Gasteiger partial charge on any atom is -0.444 e. The maximum Gasteiger partial charge on any atom is 0.407 e. The zero-order valence-corrected chi connectivity index (χ0v) is 18.2. The SMILES string of the molecule is CC(C)(C)OC(=O)NCCOCCOCCCCCC(=O)Nc1ccnc(Cl)c1. The molecular weight excluding hydrogens is 398 g/mol. The van der Waals surface area contributed by atoms with Crippen molar-refractivity contribution in [3.05, 3.63) is 23.5 Å². The van der Waals surface area contributed by atoms with Gasteiger partial charge in [0.2, 0.25) is 5.91 Å². The highest BCUT2D eigenvalue weighted by molar-refractivity contribution is 6.29. The molecule has 2 amide bonds. The third kappa shape index (κ3) is 14.7. The average Bonchev–Trinajstić information content (AvgIpc) is 2.61. The highest BCUT2D eigenvalue weighted by atomic mass is 35.5. The maximum absolute atomic E-state index is 11.8. The number of hydrogen-bond acceptors (Lipinski definition) is 6.